The van der Waals surface area contributed by atoms with Gasteiger partial charge >= 0.3 is 6.03 Å². The van der Waals surface area contributed by atoms with Crippen LogP contribution < -0.4 is 20.3 Å². The van der Waals surface area contributed by atoms with Gasteiger partial charge in [-0.1, -0.05) is 12.1 Å². The largest absolute Gasteiger partial charge is 0.494 e. The minimum absolute atomic E-state index is 0.0937. The lowest BCUT2D eigenvalue weighted by Crippen LogP contribution is -2.24. The molecule has 2 N–H and O–H groups in total. The van der Waals surface area contributed by atoms with Crippen LogP contribution >= 0.6 is 0 Å². The fraction of sp³-hybridized carbons (Fsp3) is 0.263. The molecule has 0 spiro atoms. The number of amides is 3. The van der Waals surface area contributed by atoms with Gasteiger partial charge < -0.3 is 20.3 Å². The maximum absolute atomic E-state index is 12.2. The third-order valence-corrected chi connectivity index (χ3v) is 4.08. The zero-order chi connectivity index (χ0) is 17.8. The van der Waals surface area contributed by atoms with Crippen molar-refractivity contribution >= 4 is 29.0 Å². The van der Waals surface area contributed by atoms with Gasteiger partial charge in [0, 0.05) is 30.4 Å². The van der Waals surface area contributed by atoms with Crippen molar-refractivity contribution in [3.63, 3.8) is 0 Å². The number of nitrogens with one attached hydrogen (secondary N) is 2. The predicted octanol–water partition coefficient (Wildman–Crippen LogP) is 3.77. The first-order valence-corrected chi connectivity index (χ1v) is 8.20. The van der Waals surface area contributed by atoms with Crippen LogP contribution in [0.3, 0.4) is 0 Å². The van der Waals surface area contributed by atoms with Gasteiger partial charge in [0.2, 0.25) is 5.91 Å². The maximum Gasteiger partial charge on any atom is 0.323 e. The molecule has 130 valence electrons. The molecule has 3 rings (SSSR count). The van der Waals surface area contributed by atoms with E-state index in [1.807, 2.05) is 31.2 Å². The molecule has 6 heteroatoms. The monoisotopic (exact) mass is 339 g/mol. The Morgan fingerprint density at radius 1 is 1.12 bits per heavy atom. The Balaban J connectivity index is 1.72. The van der Waals surface area contributed by atoms with Gasteiger partial charge in [0.25, 0.3) is 0 Å². The molecule has 1 aliphatic rings. The minimum Gasteiger partial charge on any atom is -0.494 e. The Kier molecular flexibility index (Phi) is 4.88. The van der Waals surface area contributed by atoms with Crippen molar-refractivity contribution in [3.05, 3.63) is 48.0 Å². The molecular weight excluding hydrogens is 318 g/mol. The van der Waals surface area contributed by atoms with Crippen molar-refractivity contribution in [2.24, 2.45) is 0 Å². The molecular formula is C19H21N3O3. The van der Waals surface area contributed by atoms with Gasteiger partial charge in [-0.3, -0.25) is 4.79 Å². The summed E-state index contributed by atoms with van der Waals surface area (Å²) in [5, 5.41) is 5.57. The number of carbonyl (C=O) groups excluding carboxylic acids is 2. The van der Waals surface area contributed by atoms with E-state index < -0.39 is 0 Å². The van der Waals surface area contributed by atoms with Crippen molar-refractivity contribution in [1.29, 1.82) is 0 Å². The average Bonchev–Trinajstić information content (AvgIpc) is 3.00. The number of rotatable bonds is 4. The lowest BCUT2D eigenvalue weighted by atomic mass is 10.2. The van der Waals surface area contributed by atoms with Crippen molar-refractivity contribution in [1.82, 2.24) is 0 Å². The number of hydrogen-bond acceptors (Lipinski definition) is 3. The van der Waals surface area contributed by atoms with E-state index in [4.69, 9.17) is 4.74 Å². The Bertz CT molecular complexity index is 804. The zero-order valence-electron chi connectivity index (χ0n) is 14.3. The Morgan fingerprint density at radius 3 is 2.52 bits per heavy atom. The quantitative estimate of drug-likeness (QED) is 0.891. The summed E-state index contributed by atoms with van der Waals surface area (Å²) in [6.45, 7) is 2.65. The molecule has 1 fully saturated rings. The molecule has 0 unspecified atom stereocenters. The number of methoxy groups -OCH3 is 1. The lowest BCUT2D eigenvalue weighted by molar-refractivity contribution is -0.117. The standard InChI is InChI=1S/C19H21N3O3/c1-13-5-3-6-14(11-13)20-19(24)21-15-8-9-16(17(12-15)25-2)22-10-4-7-18(22)23/h3,5-6,8-9,11-12H,4,7,10H2,1-2H3,(H2,20,21,24). The van der Waals surface area contributed by atoms with E-state index in [-0.39, 0.29) is 11.9 Å². The van der Waals surface area contributed by atoms with Crippen LogP contribution in [-0.4, -0.2) is 25.6 Å². The summed E-state index contributed by atoms with van der Waals surface area (Å²) < 4.78 is 5.40. The molecule has 0 saturated carbocycles. The average molecular weight is 339 g/mol. The fourth-order valence-electron chi connectivity index (χ4n) is 2.90. The smallest absolute Gasteiger partial charge is 0.323 e. The second-order valence-corrected chi connectivity index (χ2v) is 5.98. The molecule has 0 aliphatic carbocycles. The molecule has 0 aromatic heterocycles. The summed E-state index contributed by atoms with van der Waals surface area (Å²) in [6, 6.07) is 12.5. The number of anilines is 3. The molecule has 3 amide bonds. The normalized spacial score (nSPS) is 13.7. The Labute approximate surface area is 146 Å². The van der Waals surface area contributed by atoms with Crippen LogP contribution in [0.2, 0.25) is 0 Å². The summed E-state index contributed by atoms with van der Waals surface area (Å²) in [6.07, 6.45) is 1.41. The first-order chi connectivity index (χ1) is 12.1. The summed E-state index contributed by atoms with van der Waals surface area (Å²) in [5.41, 5.74) is 3.12. The number of hydrogen-bond donors (Lipinski definition) is 2. The Morgan fingerprint density at radius 2 is 1.88 bits per heavy atom. The third-order valence-electron chi connectivity index (χ3n) is 4.08. The van der Waals surface area contributed by atoms with Crippen LogP contribution in [0.25, 0.3) is 0 Å². The number of benzene rings is 2. The van der Waals surface area contributed by atoms with Crippen molar-refractivity contribution in [2.75, 3.05) is 29.2 Å². The lowest BCUT2D eigenvalue weighted by Gasteiger charge is -2.19. The number of nitrogens with zero attached hydrogens (tertiary/aromatic N) is 1. The molecule has 6 nitrogen and oxygen atoms in total. The summed E-state index contributed by atoms with van der Waals surface area (Å²) >= 11 is 0. The first-order valence-electron chi connectivity index (χ1n) is 8.20. The maximum atomic E-state index is 12.2. The van der Waals surface area contributed by atoms with Crippen LogP contribution in [0.4, 0.5) is 21.9 Å². The first kappa shape index (κ1) is 16.8. The van der Waals surface area contributed by atoms with Gasteiger partial charge in [0.1, 0.15) is 5.75 Å². The molecule has 1 saturated heterocycles. The molecule has 0 radical (unpaired) electrons. The summed E-state index contributed by atoms with van der Waals surface area (Å²) in [7, 11) is 1.55. The van der Waals surface area contributed by atoms with Crippen LogP contribution in [0, 0.1) is 6.92 Å². The molecule has 25 heavy (non-hydrogen) atoms. The van der Waals surface area contributed by atoms with Gasteiger partial charge in [0.05, 0.1) is 12.8 Å². The van der Waals surface area contributed by atoms with E-state index in [1.54, 1.807) is 30.2 Å². The predicted molar refractivity (Wildman–Crippen MR) is 98.4 cm³/mol. The molecule has 1 aliphatic heterocycles. The van der Waals surface area contributed by atoms with E-state index >= 15 is 0 Å². The number of ether oxygens (including phenoxy) is 1. The molecule has 2 aromatic rings. The van der Waals surface area contributed by atoms with Crippen molar-refractivity contribution in [3.8, 4) is 5.75 Å². The SMILES string of the molecule is COc1cc(NC(=O)Nc2cccc(C)c2)ccc1N1CCCC1=O. The third kappa shape index (κ3) is 3.91. The van der Waals surface area contributed by atoms with Crippen LogP contribution in [0.5, 0.6) is 5.75 Å². The van der Waals surface area contributed by atoms with E-state index in [1.165, 1.54) is 0 Å². The summed E-state index contributed by atoms with van der Waals surface area (Å²) in [5.74, 6) is 0.653. The molecule has 0 bridgehead atoms. The Hall–Kier alpha value is -3.02. The fourth-order valence-corrected chi connectivity index (χ4v) is 2.90. The number of carbonyl (C=O) groups is 2. The van der Waals surface area contributed by atoms with Crippen LogP contribution in [-0.2, 0) is 4.79 Å². The molecule has 1 heterocycles. The topological polar surface area (TPSA) is 70.7 Å². The summed E-state index contributed by atoms with van der Waals surface area (Å²) in [4.78, 5) is 25.8. The minimum atomic E-state index is -0.336. The van der Waals surface area contributed by atoms with Crippen LogP contribution in [0.15, 0.2) is 42.5 Å². The van der Waals surface area contributed by atoms with Gasteiger partial charge in [-0.15, -0.1) is 0 Å². The molecule has 2 aromatic carbocycles. The van der Waals surface area contributed by atoms with Crippen molar-refractivity contribution < 1.29 is 14.3 Å². The van der Waals surface area contributed by atoms with E-state index in [9.17, 15) is 9.59 Å². The van der Waals surface area contributed by atoms with E-state index in [2.05, 4.69) is 10.6 Å². The number of aryl methyl sites for hydroxylation is 1. The van der Waals surface area contributed by atoms with Gasteiger partial charge in [-0.2, -0.15) is 0 Å². The van der Waals surface area contributed by atoms with Gasteiger partial charge in [0.15, 0.2) is 0 Å². The second-order valence-electron chi connectivity index (χ2n) is 5.98. The highest BCUT2D eigenvalue weighted by molar-refractivity contribution is 6.01. The second kappa shape index (κ2) is 7.25. The van der Waals surface area contributed by atoms with Crippen molar-refractivity contribution in [2.45, 2.75) is 19.8 Å². The van der Waals surface area contributed by atoms with Gasteiger partial charge in [-0.25, -0.2) is 4.79 Å². The van der Waals surface area contributed by atoms with E-state index in [0.717, 1.165) is 23.4 Å². The van der Waals surface area contributed by atoms with Gasteiger partial charge in [-0.05, 0) is 43.2 Å². The molecule has 0 atom stereocenters. The van der Waals surface area contributed by atoms with E-state index in [0.29, 0.717) is 24.4 Å². The highest BCUT2D eigenvalue weighted by Crippen LogP contribution is 2.33. The zero-order valence-corrected chi connectivity index (χ0v) is 14.3. The highest BCUT2D eigenvalue weighted by atomic mass is 16.5. The van der Waals surface area contributed by atoms with Crippen LogP contribution in [0.1, 0.15) is 18.4 Å². The number of urea groups is 1. The highest BCUT2D eigenvalue weighted by Gasteiger charge is 2.24.